The zero-order valence-corrected chi connectivity index (χ0v) is 20.6. The third-order valence-electron chi connectivity index (χ3n) is 6.73. The van der Waals surface area contributed by atoms with Crippen LogP contribution in [0.2, 0.25) is 0 Å². The third-order valence-corrected chi connectivity index (χ3v) is 6.73. The number of aryl methyl sites for hydroxylation is 6. The van der Waals surface area contributed by atoms with E-state index in [2.05, 4.69) is 77.9 Å². The first-order chi connectivity index (χ1) is 15.7. The van der Waals surface area contributed by atoms with E-state index in [0.717, 1.165) is 44.5 Å². The van der Waals surface area contributed by atoms with Crippen LogP contribution in [0.4, 0.5) is 0 Å². The minimum Gasteiger partial charge on any atom is -0.294 e. The number of carbonyl (C=O) groups excluding carboxylic acids is 2. The fraction of sp³-hybridized carbons (Fsp3) is 0.290. The van der Waals surface area contributed by atoms with Crippen LogP contribution in [-0.2, 0) is 0 Å². The van der Waals surface area contributed by atoms with Gasteiger partial charge in [0.2, 0.25) is 0 Å². The van der Waals surface area contributed by atoms with Crippen molar-refractivity contribution >= 4 is 11.6 Å². The summed E-state index contributed by atoms with van der Waals surface area (Å²) < 4.78 is 0. The average Bonchev–Trinajstić information content (AvgIpc) is 3.33. The van der Waals surface area contributed by atoms with Crippen LogP contribution in [0.5, 0.6) is 0 Å². The van der Waals surface area contributed by atoms with Crippen molar-refractivity contribution in [1.29, 1.82) is 0 Å². The van der Waals surface area contributed by atoms with Gasteiger partial charge in [-0.15, -0.1) is 0 Å². The number of fused-ring (bicyclic) bond motifs is 2. The van der Waals surface area contributed by atoms with Crippen molar-refractivity contribution < 1.29 is 9.59 Å². The lowest BCUT2D eigenvalue weighted by Gasteiger charge is -2.07. The maximum Gasteiger partial charge on any atom is 0.163 e. The quantitative estimate of drug-likeness (QED) is 0.287. The van der Waals surface area contributed by atoms with E-state index in [4.69, 9.17) is 0 Å². The smallest absolute Gasteiger partial charge is 0.163 e. The summed E-state index contributed by atoms with van der Waals surface area (Å²) in [5, 5.41) is 0. The number of carbonyl (C=O) groups is 2. The average molecular weight is 437 g/mol. The van der Waals surface area contributed by atoms with E-state index in [1.54, 1.807) is 0 Å². The molecule has 0 aromatic heterocycles. The monoisotopic (exact) mass is 436 g/mol. The highest BCUT2D eigenvalue weighted by atomic mass is 16.1. The van der Waals surface area contributed by atoms with Gasteiger partial charge < -0.3 is 0 Å². The van der Waals surface area contributed by atoms with Gasteiger partial charge in [0.15, 0.2) is 11.6 Å². The molecule has 0 saturated carbocycles. The van der Waals surface area contributed by atoms with Gasteiger partial charge in [-0.3, -0.25) is 9.59 Å². The van der Waals surface area contributed by atoms with E-state index < -0.39 is 0 Å². The molecule has 4 aliphatic rings. The highest BCUT2D eigenvalue weighted by Gasteiger charge is 2.21. The van der Waals surface area contributed by atoms with Gasteiger partial charge in [-0.2, -0.15) is 0 Å². The van der Waals surface area contributed by atoms with Gasteiger partial charge in [0.1, 0.15) is 0 Å². The Hall–Kier alpha value is -3.26. The number of ketones is 2. The number of rotatable bonds is 6. The van der Waals surface area contributed by atoms with Crippen LogP contribution < -0.4 is 0 Å². The Morgan fingerprint density at radius 1 is 0.545 bits per heavy atom. The van der Waals surface area contributed by atoms with Crippen molar-refractivity contribution in [3.8, 4) is 22.3 Å². The summed E-state index contributed by atoms with van der Waals surface area (Å²) >= 11 is 0. The van der Waals surface area contributed by atoms with E-state index in [9.17, 15) is 9.59 Å². The zero-order chi connectivity index (χ0) is 23.9. The molecule has 0 aromatic carbocycles. The van der Waals surface area contributed by atoms with E-state index in [1.807, 2.05) is 12.1 Å². The van der Waals surface area contributed by atoms with Crippen LogP contribution in [-0.4, -0.2) is 11.6 Å². The van der Waals surface area contributed by atoms with Crippen LogP contribution in [0.1, 0.15) is 73.4 Å². The molecule has 4 aliphatic carbocycles. The molecule has 0 atom stereocenters. The predicted molar refractivity (Wildman–Crippen MR) is 137 cm³/mol. The van der Waals surface area contributed by atoms with Crippen molar-refractivity contribution in [3.63, 3.8) is 0 Å². The maximum absolute atomic E-state index is 13.1. The molecule has 0 amide bonds. The van der Waals surface area contributed by atoms with Crippen LogP contribution >= 0.6 is 0 Å². The zero-order valence-electron chi connectivity index (χ0n) is 20.6. The Balaban J connectivity index is 1.51. The molecule has 168 valence electrons. The van der Waals surface area contributed by atoms with Crippen molar-refractivity contribution in [3.05, 3.63) is 93.0 Å². The fourth-order valence-corrected chi connectivity index (χ4v) is 5.36. The number of Topliss-reactive ketones (excluding diaryl/α,β-unsaturated/α-hetero) is 2. The molecule has 0 unspecified atom stereocenters. The molecule has 0 fully saturated rings. The van der Waals surface area contributed by atoms with Crippen LogP contribution in [0.15, 0.2) is 48.5 Å². The molecule has 0 bridgehead atoms. The van der Waals surface area contributed by atoms with Crippen LogP contribution in [0.25, 0.3) is 22.3 Å². The molecule has 0 aliphatic heterocycles. The molecule has 0 heterocycles. The summed E-state index contributed by atoms with van der Waals surface area (Å²) in [6, 6.07) is 16.6. The largest absolute Gasteiger partial charge is 0.294 e. The van der Waals surface area contributed by atoms with E-state index in [0.29, 0.717) is 19.3 Å². The topological polar surface area (TPSA) is 34.1 Å². The lowest BCUT2D eigenvalue weighted by atomic mass is 9.95. The lowest BCUT2D eigenvalue weighted by Crippen LogP contribution is -2.04. The molecule has 0 aromatic rings. The summed E-state index contributed by atoms with van der Waals surface area (Å²) in [6.07, 6.45) is 1.32. The fourth-order valence-electron chi connectivity index (χ4n) is 5.36. The summed E-state index contributed by atoms with van der Waals surface area (Å²) in [5.41, 5.74) is 12.9. The molecule has 0 radical (unpaired) electrons. The molecular formula is C31H32O2. The first-order valence-electron chi connectivity index (χ1n) is 11.7. The van der Waals surface area contributed by atoms with Crippen LogP contribution in [0.3, 0.4) is 0 Å². The minimum atomic E-state index is 0.116. The van der Waals surface area contributed by atoms with Gasteiger partial charge >= 0.3 is 0 Å². The third kappa shape index (κ3) is 4.35. The second-order valence-electron chi connectivity index (χ2n) is 9.57. The Morgan fingerprint density at radius 3 is 1.30 bits per heavy atom. The van der Waals surface area contributed by atoms with Crippen molar-refractivity contribution in [2.75, 3.05) is 0 Å². The first kappa shape index (κ1) is 22.9. The van der Waals surface area contributed by atoms with E-state index >= 15 is 0 Å². The van der Waals surface area contributed by atoms with Crippen LogP contribution in [0, 0.1) is 41.5 Å². The van der Waals surface area contributed by atoms with Crippen molar-refractivity contribution in [2.24, 2.45) is 0 Å². The first-order valence-corrected chi connectivity index (χ1v) is 11.7. The minimum absolute atomic E-state index is 0.116. The molecule has 0 N–H and O–H groups in total. The van der Waals surface area contributed by atoms with Gasteiger partial charge in [0, 0.05) is 24.0 Å². The summed E-state index contributed by atoms with van der Waals surface area (Å²) in [5.74, 6) is 0.233. The van der Waals surface area contributed by atoms with Crippen molar-refractivity contribution in [1.82, 2.24) is 0 Å². The molecule has 0 saturated heterocycles. The standard InChI is InChI=1S/C31H32O2/c1-18-14-20(3)24-10-12-26(30(24)22(5)16-18)28(32)8-7-9-29(33)27-13-11-25-21(4)15-19(2)17-23(6)31(25)27/h10-17H,7-9H2,1-6H3. The highest BCUT2D eigenvalue weighted by molar-refractivity contribution is 6.06. The molecule has 0 spiro atoms. The van der Waals surface area contributed by atoms with E-state index in [1.165, 1.54) is 22.3 Å². The van der Waals surface area contributed by atoms with Gasteiger partial charge in [0.25, 0.3) is 0 Å². The Kier molecular flexibility index (Phi) is 6.21. The van der Waals surface area contributed by atoms with Gasteiger partial charge in [0.05, 0.1) is 0 Å². The SMILES string of the molecule is Cc1cc(C)c2ccc(C(=O)CCCC(=O)c3ccc4c(C)cc(C)cc(C)c3-4)c-2c(C)c1. The Labute approximate surface area is 197 Å². The summed E-state index contributed by atoms with van der Waals surface area (Å²) in [6.45, 7) is 12.5. The Bertz CT molecular complexity index is 1220. The molecule has 4 rings (SSSR count). The highest BCUT2D eigenvalue weighted by Crippen LogP contribution is 2.36. The molecular weight excluding hydrogens is 404 g/mol. The summed E-state index contributed by atoms with van der Waals surface area (Å²) in [7, 11) is 0. The van der Waals surface area contributed by atoms with Crippen molar-refractivity contribution in [2.45, 2.75) is 60.8 Å². The number of hydrogen-bond acceptors (Lipinski definition) is 2. The van der Waals surface area contributed by atoms with Gasteiger partial charge in [-0.05, 0) is 92.5 Å². The normalized spacial score (nSPS) is 11.3. The Morgan fingerprint density at radius 2 is 0.909 bits per heavy atom. The molecule has 33 heavy (non-hydrogen) atoms. The second kappa shape index (κ2) is 8.94. The van der Waals surface area contributed by atoms with Gasteiger partial charge in [-0.1, -0.05) is 59.7 Å². The maximum atomic E-state index is 13.1. The van der Waals surface area contributed by atoms with E-state index in [-0.39, 0.29) is 11.6 Å². The van der Waals surface area contributed by atoms with Gasteiger partial charge in [-0.25, -0.2) is 0 Å². The molecule has 2 nitrogen and oxygen atoms in total. The lowest BCUT2D eigenvalue weighted by molar-refractivity contribution is 0.0958. The summed E-state index contributed by atoms with van der Waals surface area (Å²) in [4.78, 5) is 26.2. The molecule has 2 heteroatoms. The number of hydrogen-bond donors (Lipinski definition) is 0. The second-order valence-corrected chi connectivity index (χ2v) is 9.57. The predicted octanol–water partition coefficient (Wildman–Crippen LogP) is 7.98.